The van der Waals surface area contributed by atoms with Gasteiger partial charge in [-0.05, 0) is 61.5 Å². The quantitative estimate of drug-likeness (QED) is 0.322. The van der Waals surface area contributed by atoms with Crippen LogP contribution in [0.15, 0.2) is 77.7 Å². The number of amides is 3. The van der Waals surface area contributed by atoms with Gasteiger partial charge in [-0.1, -0.05) is 25.1 Å². The van der Waals surface area contributed by atoms with E-state index in [1.54, 1.807) is 37.3 Å². The first kappa shape index (κ1) is 33.7. The summed E-state index contributed by atoms with van der Waals surface area (Å²) in [6.45, 7) is 3.41. The Morgan fingerprint density at radius 3 is 2.31 bits per heavy atom. The van der Waals surface area contributed by atoms with Crippen molar-refractivity contribution in [3.63, 3.8) is 0 Å². The molecule has 3 amide bonds. The Labute approximate surface area is 259 Å². The number of hydrogen-bond acceptors (Lipinski definition) is 6. The summed E-state index contributed by atoms with van der Waals surface area (Å²) >= 11 is 0. The second-order valence-electron chi connectivity index (χ2n) is 11.0. The fourth-order valence-electron chi connectivity index (χ4n) is 4.89. The maximum Gasteiger partial charge on any atom is 0.416 e. The molecule has 1 aliphatic heterocycles. The highest BCUT2D eigenvalue weighted by Crippen LogP contribution is 2.31. The van der Waals surface area contributed by atoms with Crippen molar-refractivity contribution in [2.24, 2.45) is 5.92 Å². The number of likely N-dealkylation sites (N-methyl/N-ethyl adjacent to an activating group) is 1. The summed E-state index contributed by atoms with van der Waals surface area (Å²) in [6.07, 6.45) is -5.34. The van der Waals surface area contributed by atoms with Crippen LogP contribution in [0.25, 0.3) is 0 Å². The highest BCUT2D eigenvalue weighted by Gasteiger charge is 2.34. The zero-order chi connectivity index (χ0) is 32.9. The smallest absolute Gasteiger partial charge is 0.416 e. The molecular weight excluding hydrogens is 613 g/mol. The minimum absolute atomic E-state index is 0.0388. The maximum absolute atomic E-state index is 13.4. The van der Waals surface area contributed by atoms with E-state index in [0.29, 0.717) is 11.3 Å². The van der Waals surface area contributed by atoms with Crippen molar-refractivity contribution in [1.29, 1.82) is 0 Å². The summed E-state index contributed by atoms with van der Waals surface area (Å²) in [5.74, 6) is -0.335. The summed E-state index contributed by atoms with van der Waals surface area (Å²) in [4.78, 5) is 27.7. The molecule has 45 heavy (non-hydrogen) atoms. The molecule has 3 aromatic carbocycles. The van der Waals surface area contributed by atoms with E-state index in [0.717, 1.165) is 24.3 Å². The van der Waals surface area contributed by atoms with Crippen molar-refractivity contribution >= 4 is 33.3 Å². The van der Waals surface area contributed by atoms with Gasteiger partial charge in [0.05, 0.1) is 36.1 Å². The van der Waals surface area contributed by atoms with E-state index in [1.165, 1.54) is 34.5 Å². The lowest BCUT2D eigenvalue weighted by atomic mass is 10.0. The second-order valence-corrected chi connectivity index (χ2v) is 13.0. The first-order valence-corrected chi connectivity index (χ1v) is 15.6. The van der Waals surface area contributed by atoms with Gasteiger partial charge < -0.3 is 25.4 Å². The third-order valence-corrected chi connectivity index (χ3v) is 9.37. The largest absolute Gasteiger partial charge is 0.488 e. The molecule has 0 unspecified atom stereocenters. The van der Waals surface area contributed by atoms with Gasteiger partial charge in [-0.25, -0.2) is 13.2 Å². The van der Waals surface area contributed by atoms with Gasteiger partial charge in [0.25, 0.3) is 0 Å². The number of nitrogens with zero attached hydrogens (tertiary/aromatic N) is 2. The number of hydrogen-bond donors (Lipinski definition) is 3. The van der Waals surface area contributed by atoms with Crippen molar-refractivity contribution in [3.05, 3.63) is 83.9 Å². The number of ether oxygens (including phenoxy) is 1. The minimum Gasteiger partial charge on any atom is -0.488 e. The van der Waals surface area contributed by atoms with E-state index in [-0.39, 0.29) is 54.2 Å². The molecule has 0 fully saturated rings. The van der Waals surface area contributed by atoms with Crippen LogP contribution in [0.3, 0.4) is 0 Å². The molecule has 0 aliphatic carbocycles. The number of carbonyl (C=O) groups excluding carboxylic acids is 2. The van der Waals surface area contributed by atoms with Crippen molar-refractivity contribution in [2.45, 2.75) is 43.5 Å². The molecule has 3 N–H and O–H groups in total. The van der Waals surface area contributed by atoms with Gasteiger partial charge in [0, 0.05) is 36.4 Å². The molecule has 242 valence electrons. The molecule has 0 saturated heterocycles. The van der Waals surface area contributed by atoms with Crippen molar-refractivity contribution in [2.75, 3.05) is 37.4 Å². The first-order chi connectivity index (χ1) is 21.2. The summed E-state index contributed by atoms with van der Waals surface area (Å²) in [7, 11) is -2.40. The first-order valence-electron chi connectivity index (χ1n) is 14.2. The van der Waals surface area contributed by atoms with E-state index in [1.807, 2.05) is 6.92 Å². The van der Waals surface area contributed by atoms with E-state index >= 15 is 0 Å². The van der Waals surface area contributed by atoms with Gasteiger partial charge in [-0.3, -0.25) is 4.79 Å². The van der Waals surface area contributed by atoms with Gasteiger partial charge in [-0.15, -0.1) is 0 Å². The summed E-state index contributed by atoms with van der Waals surface area (Å²) in [6, 6.07) is 15.3. The van der Waals surface area contributed by atoms with Gasteiger partial charge in [0.15, 0.2) is 0 Å². The Hall–Kier alpha value is -4.14. The molecular formula is C31H35F3N4O6S. The van der Waals surface area contributed by atoms with Crippen molar-refractivity contribution in [1.82, 2.24) is 9.21 Å². The molecule has 0 spiro atoms. The number of aliphatic hydroxyl groups excluding tert-OH is 1. The number of alkyl halides is 3. The Morgan fingerprint density at radius 1 is 1.07 bits per heavy atom. The molecule has 4 rings (SSSR count). The number of rotatable bonds is 8. The van der Waals surface area contributed by atoms with Crippen LogP contribution >= 0.6 is 0 Å². The monoisotopic (exact) mass is 648 g/mol. The maximum atomic E-state index is 13.4. The number of anilines is 2. The van der Waals surface area contributed by atoms with Crippen LogP contribution in [-0.4, -0.2) is 73.6 Å². The topological polar surface area (TPSA) is 128 Å². The number of sulfonamides is 1. The van der Waals surface area contributed by atoms with E-state index in [9.17, 15) is 36.3 Å². The van der Waals surface area contributed by atoms with Crippen LogP contribution in [-0.2, 0) is 27.4 Å². The lowest BCUT2D eigenvalue weighted by molar-refractivity contribution is -0.137. The zero-order valence-corrected chi connectivity index (χ0v) is 25.7. The number of aliphatic hydroxyl groups is 1. The number of benzene rings is 3. The molecule has 3 aromatic rings. The predicted octanol–water partition coefficient (Wildman–Crippen LogP) is 4.82. The van der Waals surface area contributed by atoms with Crippen LogP contribution in [0.2, 0.25) is 0 Å². The lowest BCUT2D eigenvalue weighted by Gasteiger charge is -2.33. The van der Waals surface area contributed by atoms with Crippen LogP contribution in [0.1, 0.15) is 25.0 Å². The lowest BCUT2D eigenvalue weighted by Crippen LogP contribution is -2.48. The Balaban J connectivity index is 1.58. The molecule has 0 aromatic heterocycles. The molecule has 0 radical (unpaired) electrons. The van der Waals surface area contributed by atoms with Crippen LogP contribution in [0, 0.1) is 5.92 Å². The molecule has 0 saturated carbocycles. The molecule has 3 atom stereocenters. The van der Waals surface area contributed by atoms with Crippen molar-refractivity contribution in [3.8, 4) is 5.75 Å². The highest BCUT2D eigenvalue weighted by atomic mass is 32.2. The minimum atomic E-state index is -4.51. The second kappa shape index (κ2) is 13.9. The number of carbonyl (C=O) groups is 2. The summed E-state index contributed by atoms with van der Waals surface area (Å²) < 4.78 is 72.7. The zero-order valence-electron chi connectivity index (χ0n) is 24.9. The van der Waals surface area contributed by atoms with Gasteiger partial charge in [0.2, 0.25) is 15.9 Å². The SMILES string of the molecule is C[C@@H]1CN([C@@H](C)CO)C(=O)Cc2cc(NC(=O)Nc3ccc(C(F)(F)F)cc3)ccc2O[C@H]1CN(C)S(=O)(=O)c1ccccc1. The van der Waals surface area contributed by atoms with Gasteiger partial charge in [-0.2, -0.15) is 17.5 Å². The Kier molecular flexibility index (Phi) is 10.4. The molecule has 1 aliphatic rings. The molecule has 0 bridgehead atoms. The fraction of sp³-hybridized carbons (Fsp3) is 0.355. The third-order valence-electron chi connectivity index (χ3n) is 7.53. The van der Waals surface area contributed by atoms with Crippen molar-refractivity contribution < 1.29 is 41.0 Å². The average Bonchev–Trinajstić information content (AvgIpc) is 3.04. The molecule has 14 heteroatoms. The number of fused-ring (bicyclic) bond motifs is 1. The van der Waals surface area contributed by atoms with Crippen LogP contribution in [0.5, 0.6) is 5.75 Å². The predicted molar refractivity (Wildman–Crippen MR) is 162 cm³/mol. The van der Waals surface area contributed by atoms with E-state index in [4.69, 9.17) is 4.74 Å². The standard InChI is InChI=1S/C31H35F3N4O6S/c1-20-17-38(21(2)19-39)29(40)16-22-15-25(36-30(41)35-24-11-9-23(10-12-24)31(32,33)34)13-14-27(22)44-28(20)18-37(3)45(42,43)26-7-5-4-6-8-26/h4-15,20-21,28,39H,16-19H2,1-3H3,(H2,35,36,41)/t20-,21+,28+/m1/s1. The van der Waals surface area contributed by atoms with E-state index < -0.39 is 39.9 Å². The summed E-state index contributed by atoms with van der Waals surface area (Å²) in [5, 5.41) is 14.9. The average molecular weight is 649 g/mol. The Morgan fingerprint density at radius 2 is 1.69 bits per heavy atom. The van der Waals surface area contributed by atoms with Gasteiger partial charge in [0.1, 0.15) is 11.9 Å². The van der Waals surface area contributed by atoms with E-state index in [2.05, 4.69) is 10.6 Å². The van der Waals surface area contributed by atoms with Crippen LogP contribution < -0.4 is 15.4 Å². The normalized spacial score (nSPS) is 18.2. The third kappa shape index (κ3) is 8.32. The van der Waals surface area contributed by atoms with Gasteiger partial charge >= 0.3 is 12.2 Å². The summed E-state index contributed by atoms with van der Waals surface area (Å²) in [5.41, 5.74) is -0.0161. The molecule has 1 heterocycles. The fourth-order valence-corrected chi connectivity index (χ4v) is 6.09. The van der Waals surface area contributed by atoms with Crippen LogP contribution in [0.4, 0.5) is 29.3 Å². The number of nitrogens with one attached hydrogen (secondary N) is 2. The number of halogens is 3. The Bertz CT molecular complexity index is 1600. The number of urea groups is 1. The molecule has 10 nitrogen and oxygen atoms in total. The highest BCUT2D eigenvalue weighted by molar-refractivity contribution is 7.89.